The second-order valence-electron chi connectivity index (χ2n) is 3.84. The Morgan fingerprint density at radius 1 is 1.47 bits per heavy atom. The Morgan fingerprint density at radius 2 is 2.13 bits per heavy atom. The minimum atomic E-state index is -0.514. The van der Waals surface area contributed by atoms with Gasteiger partial charge in [-0.2, -0.15) is 0 Å². The highest BCUT2D eigenvalue weighted by molar-refractivity contribution is 5.99. The second-order valence-corrected chi connectivity index (χ2v) is 3.84. The van der Waals surface area contributed by atoms with E-state index in [-0.39, 0.29) is 17.3 Å². The van der Waals surface area contributed by atoms with Gasteiger partial charge in [-0.3, -0.25) is 4.79 Å². The van der Waals surface area contributed by atoms with Gasteiger partial charge in [0.15, 0.2) is 5.78 Å². The highest BCUT2D eigenvalue weighted by Crippen LogP contribution is 2.23. The third kappa shape index (κ3) is 2.78. The van der Waals surface area contributed by atoms with E-state index in [2.05, 4.69) is 0 Å². The molecule has 0 fully saturated rings. The summed E-state index contributed by atoms with van der Waals surface area (Å²) in [5.74, 6) is -0.206. The van der Waals surface area contributed by atoms with Crippen molar-refractivity contribution < 1.29 is 13.9 Å². The maximum absolute atomic E-state index is 13.4. The lowest BCUT2D eigenvalue weighted by Crippen LogP contribution is -2.08. The lowest BCUT2D eigenvalue weighted by molar-refractivity contribution is 0.0960. The molecule has 0 amide bonds. The van der Waals surface area contributed by atoms with Crippen LogP contribution in [0.2, 0.25) is 0 Å². The summed E-state index contributed by atoms with van der Waals surface area (Å²) in [5, 5.41) is 0. The van der Waals surface area contributed by atoms with Crippen LogP contribution in [-0.4, -0.2) is 12.9 Å². The van der Waals surface area contributed by atoms with Gasteiger partial charge in [0.05, 0.1) is 12.7 Å². The SMILES string of the molecule is COc1cccc(F)c1C(=O)CC(C)C. The van der Waals surface area contributed by atoms with E-state index in [4.69, 9.17) is 4.74 Å². The van der Waals surface area contributed by atoms with Crippen LogP contribution in [0.15, 0.2) is 18.2 Å². The van der Waals surface area contributed by atoms with Crippen LogP contribution in [0.3, 0.4) is 0 Å². The van der Waals surface area contributed by atoms with E-state index in [1.165, 1.54) is 19.2 Å². The Balaban J connectivity index is 3.06. The largest absolute Gasteiger partial charge is 0.496 e. The average Bonchev–Trinajstić information content (AvgIpc) is 2.15. The van der Waals surface area contributed by atoms with E-state index in [0.29, 0.717) is 12.2 Å². The highest BCUT2D eigenvalue weighted by atomic mass is 19.1. The summed E-state index contributed by atoms with van der Waals surface area (Å²) in [7, 11) is 1.43. The summed E-state index contributed by atoms with van der Waals surface area (Å²) >= 11 is 0. The van der Waals surface area contributed by atoms with Crippen molar-refractivity contribution >= 4 is 5.78 Å². The van der Waals surface area contributed by atoms with Gasteiger partial charge in [-0.05, 0) is 18.1 Å². The van der Waals surface area contributed by atoms with Gasteiger partial charge in [0, 0.05) is 6.42 Å². The van der Waals surface area contributed by atoms with Gasteiger partial charge in [-0.15, -0.1) is 0 Å². The lowest BCUT2D eigenvalue weighted by atomic mass is 10.00. The van der Waals surface area contributed by atoms with Gasteiger partial charge in [0.1, 0.15) is 11.6 Å². The number of methoxy groups -OCH3 is 1. The van der Waals surface area contributed by atoms with Crippen LogP contribution in [-0.2, 0) is 0 Å². The zero-order valence-corrected chi connectivity index (χ0v) is 9.21. The van der Waals surface area contributed by atoms with Crippen molar-refractivity contribution in [1.29, 1.82) is 0 Å². The molecule has 0 aliphatic carbocycles. The van der Waals surface area contributed by atoms with Gasteiger partial charge in [0.2, 0.25) is 0 Å². The summed E-state index contributed by atoms with van der Waals surface area (Å²) in [6, 6.07) is 4.40. The van der Waals surface area contributed by atoms with Crippen LogP contribution in [0.1, 0.15) is 30.6 Å². The summed E-state index contributed by atoms with van der Waals surface area (Å²) in [4.78, 5) is 11.7. The summed E-state index contributed by atoms with van der Waals surface area (Å²) in [5.41, 5.74) is 0.0636. The van der Waals surface area contributed by atoms with Crippen LogP contribution in [0.4, 0.5) is 4.39 Å². The fraction of sp³-hybridized carbons (Fsp3) is 0.417. The number of Topliss-reactive ketones (excluding diaryl/α,β-unsaturated/α-hetero) is 1. The highest BCUT2D eigenvalue weighted by Gasteiger charge is 2.17. The Kier molecular flexibility index (Phi) is 3.83. The van der Waals surface area contributed by atoms with Crippen LogP contribution in [0, 0.1) is 11.7 Å². The van der Waals surface area contributed by atoms with Crippen LogP contribution in [0.25, 0.3) is 0 Å². The first-order chi connectivity index (χ1) is 7.06. The van der Waals surface area contributed by atoms with E-state index in [1.54, 1.807) is 6.07 Å². The molecule has 0 saturated heterocycles. The minimum Gasteiger partial charge on any atom is -0.496 e. The monoisotopic (exact) mass is 210 g/mol. The molecule has 0 N–H and O–H groups in total. The maximum Gasteiger partial charge on any atom is 0.169 e. The Labute approximate surface area is 89.1 Å². The van der Waals surface area contributed by atoms with Crippen molar-refractivity contribution in [3.8, 4) is 5.75 Å². The van der Waals surface area contributed by atoms with E-state index >= 15 is 0 Å². The van der Waals surface area contributed by atoms with Crippen LogP contribution >= 0.6 is 0 Å². The number of carbonyl (C=O) groups is 1. The van der Waals surface area contributed by atoms with Crippen molar-refractivity contribution in [3.05, 3.63) is 29.6 Å². The molecule has 0 heterocycles. The number of rotatable bonds is 4. The first kappa shape index (κ1) is 11.7. The van der Waals surface area contributed by atoms with E-state index in [9.17, 15) is 9.18 Å². The average molecular weight is 210 g/mol. The molecular formula is C12H15FO2. The fourth-order valence-electron chi connectivity index (χ4n) is 1.42. The number of ether oxygens (including phenoxy) is 1. The maximum atomic E-state index is 13.4. The molecule has 1 aromatic rings. The summed E-state index contributed by atoms with van der Waals surface area (Å²) < 4.78 is 18.4. The quantitative estimate of drug-likeness (QED) is 0.714. The van der Waals surface area contributed by atoms with Crippen molar-refractivity contribution in [2.24, 2.45) is 5.92 Å². The molecule has 82 valence electrons. The number of benzene rings is 1. The van der Waals surface area contributed by atoms with Gasteiger partial charge in [-0.1, -0.05) is 19.9 Å². The second kappa shape index (κ2) is 4.91. The minimum absolute atomic E-state index is 0.0636. The van der Waals surface area contributed by atoms with Crippen molar-refractivity contribution in [2.45, 2.75) is 20.3 Å². The Morgan fingerprint density at radius 3 is 2.67 bits per heavy atom. The predicted octanol–water partition coefficient (Wildman–Crippen LogP) is 3.06. The number of carbonyl (C=O) groups excluding carboxylic acids is 1. The van der Waals surface area contributed by atoms with E-state index in [0.717, 1.165) is 0 Å². The predicted molar refractivity (Wildman–Crippen MR) is 56.7 cm³/mol. The molecule has 0 saturated carbocycles. The molecule has 1 rings (SSSR count). The fourth-order valence-corrected chi connectivity index (χ4v) is 1.42. The molecule has 0 unspecified atom stereocenters. The van der Waals surface area contributed by atoms with E-state index in [1.807, 2.05) is 13.8 Å². The Bertz CT molecular complexity index is 359. The van der Waals surface area contributed by atoms with Crippen molar-refractivity contribution in [1.82, 2.24) is 0 Å². The number of hydrogen-bond donors (Lipinski definition) is 0. The van der Waals surface area contributed by atoms with Gasteiger partial charge in [-0.25, -0.2) is 4.39 Å². The molecular weight excluding hydrogens is 195 g/mol. The van der Waals surface area contributed by atoms with E-state index < -0.39 is 5.82 Å². The van der Waals surface area contributed by atoms with Crippen LogP contribution in [0.5, 0.6) is 5.75 Å². The third-order valence-electron chi connectivity index (χ3n) is 2.07. The normalized spacial score (nSPS) is 10.5. The first-order valence-corrected chi connectivity index (χ1v) is 4.92. The number of halogens is 1. The summed E-state index contributed by atoms with van der Waals surface area (Å²) in [6.45, 7) is 3.84. The zero-order chi connectivity index (χ0) is 11.4. The lowest BCUT2D eigenvalue weighted by Gasteiger charge is -2.09. The topological polar surface area (TPSA) is 26.3 Å². The number of hydrogen-bond acceptors (Lipinski definition) is 2. The molecule has 0 aromatic heterocycles. The molecule has 3 heteroatoms. The first-order valence-electron chi connectivity index (χ1n) is 4.92. The third-order valence-corrected chi connectivity index (χ3v) is 2.07. The number of ketones is 1. The molecule has 0 bridgehead atoms. The molecule has 0 aliphatic rings. The van der Waals surface area contributed by atoms with Crippen molar-refractivity contribution in [3.63, 3.8) is 0 Å². The smallest absolute Gasteiger partial charge is 0.169 e. The molecule has 0 aliphatic heterocycles. The Hall–Kier alpha value is -1.38. The molecule has 0 spiro atoms. The van der Waals surface area contributed by atoms with Gasteiger partial charge >= 0.3 is 0 Å². The molecule has 15 heavy (non-hydrogen) atoms. The molecule has 1 aromatic carbocycles. The van der Waals surface area contributed by atoms with Gasteiger partial charge in [0.25, 0.3) is 0 Å². The van der Waals surface area contributed by atoms with Gasteiger partial charge < -0.3 is 4.74 Å². The molecule has 0 radical (unpaired) electrons. The summed E-state index contributed by atoms with van der Waals surface area (Å²) in [6.07, 6.45) is 0.331. The standard InChI is InChI=1S/C12H15FO2/c1-8(2)7-10(14)12-9(13)5-4-6-11(12)15-3/h4-6,8H,7H2,1-3H3. The molecule has 2 nitrogen and oxygen atoms in total. The van der Waals surface area contributed by atoms with Crippen LogP contribution < -0.4 is 4.74 Å². The van der Waals surface area contributed by atoms with Crippen molar-refractivity contribution in [2.75, 3.05) is 7.11 Å². The molecule has 0 atom stereocenters. The zero-order valence-electron chi connectivity index (χ0n) is 9.21.